The fourth-order valence-electron chi connectivity index (χ4n) is 3.32. The van der Waals surface area contributed by atoms with Crippen molar-refractivity contribution >= 4 is 11.8 Å². The molecule has 1 aromatic carbocycles. The smallest absolute Gasteiger partial charge is 0.267 e. The highest BCUT2D eigenvalue weighted by Crippen LogP contribution is 2.22. The average molecular weight is 356 g/mol. The van der Waals surface area contributed by atoms with Crippen LogP contribution in [0, 0.1) is 11.7 Å². The lowest BCUT2D eigenvalue weighted by Gasteiger charge is -2.20. The Kier molecular flexibility index (Phi) is 5.55. The second-order valence-electron chi connectivity index (χ2n) is 6.56. The Morgan fingerprint density at radius 1 is 1.19 bits per heavy atom. The van der Waals surface area contributed by atoms with Crippen LogP contribution in [-0.2, 0) is 6.42 Å². The van der Waals surface area contributed by atoms with Crippen LogP contribution in [0.4, 0.5) is 4.39 Å². The number of carbonyl (C=O) groups excluding carboxylic acids is 2. The molecule has 0 saturated carbocycles. The number of aromatic nitrogens is 2. The first kappa shape index (κ1) is 18.0. The van der Waals surface area contributed by atoms with Crippen molar-refractivity contribution in [2.45, 2.75) is 25.7 Å². The maximum atomic E-state index is 13.4. The molecule has 6 nitrogen and oxygen atoms in total. The molecule has 3 rings (SSSR count). The highest BCUT2D eigenvalue weighted by atomic mass is 19.1. The Hall–Kier alpha value is -2.83. The minimum absolute atomic E-state index is 0.136. The molecule has 1 aromatic heterocycles. The molecule has 0 radical (unpaired) electrons. The van der Waals surface area contributed by atoms with Gasteiger partial charge in [0, 0.05) is 24.3 Å². The van der Waals surface area contributed by atoms with Crippen LogP contribution in [-0.4, -0.2) is 39.8 Å². The summed E-state index contributed by atoms with van der Waals surface area (Å²) in [6.45, 7) is 1.27. The first-order chi connectivity index (χ1) is 12.5. The summed E-state index contributed by atoms with van der Waals surface area (Å²) in [6, 6.07) is 7.42. The molecular formula is C19H21FN4O2. The van der Waals surface area contributed by atoms with Crippen molar-refractivity contribution in [3.05, 3.63) is 59.4 Å². The number of hydrogen-bond acceptors (Lipinski definition) is 4. The fourth-order valence-corrected chi connectivity index (χ4v) is 3.32. The van der Waals surface area contributed by atoms with Crippen LogP contribution in [0.1, 0.15) is 45.8 Å². The molecule has 1 atom stereocenters. The van der Waals surface area contributed by atoms with Gasteiger partial charge in [-0.15, -0.1) is 0 Å². The van der Waals surface area contributed by atoms with Gasteiger partial charge >= 0.3 is 0 Å². The number of carbonyl (C=O) groups is 2. The van der Waals surface area contributed by atoms with E-state index < -0.39 is 11.7 Å². The van der Waals surface area contributed by atoms with Crippen molar-refractivity contribution in [3.8, 4) is 0 Å². The molecule has 1 unspecified atom stereocenters. The monoisotopic (exact) mass is 356 g/mol. The van der Waals surface area contributed by atoms with Crippen molar-refractivity contribution in [1.82, 2.24) is 14.9 Å². The predicted octanol–water partition coefficient (Wildman–Crippen LogP) is 2.20. The molecule has 2 amide bonds. The molecule has 0 spiro atoms. The van der Waals surface area contributed by atoms with Crippen LogP contribution >= 0.6 is 0 Å². The summed E-state index contributed by atoms with van der Waals surface area (Å²) >= 11 is 0. The summed E-state index contributed by atoms with van der Waals surface area (Å²) in [5, 5.41) is 0. The number of likely N-dealkylation sites (tertiary alicyclic amines) is 1. The van der Waals surface area contributed by atoms with Gasteiger partial charge in [0.1, 0.15) is 17.8 Å². The van der Waals surface area contributed by atoms with Gasteiger partial charge in [0.15, 0.2) is 0 Å². The standard InChI is InChI=1S/C19H21FN4O2/c20-15-5-1-4-14(10-15)19(26)24-7-2-3-13(6-8-24)9-16-11-17(18(21)25)23-12-22-16/h1,4-5,10-13H,2-3,6-9H2,(H2,21,25). The molecule has 0 aliphatic carbocycles. The van der Waals surface area contributed by atoms with Crippen molar-refractivity contribution in [3.63, 3.8) is 0 Å². The minimum Gasteiger partial charge on any atom is -0.364 e. The van der Waals surface area contributed by atoms with Gasteiger partial charge in [-0.2, -0.15) is 0 Å². The molecule has 2 N–H and O–H groups in total. The van der Waals surface area contributed by atoms with Gasteiger partial charge in [-0.25, -0.2) is 14.4 Å². The topological polar surface area (TPSA) is 89.2 Å². The van der Waals surface area contributed by atoms with Crippen LogP contribution in [0.5, 0.6) is 0 Å². The second-order valence-corrected chi connectivity index (χ2v) is 6.56. The van der Waals surface area contributed by atoms with E-state index in [1.165, 1.54) is 18.5 Å². The van der Waals surface area contributed by atoms with Gasteiger partial charge < -0.3 is 10.6 Å². The number of nitrogens with zero attached hydrogens (tertiary/aromatic N) is 3. The number of rotatable bonds is 4. The number of benzene rings is 1. The summed E-state index contributed by atoms with van der Waals surface area (Å²) in [6.07, 6.45) is 4.73. The molecule has 1 aliphatic heterocycles. The van der Waals surface area contributed by atoms with Gasteiger partial charge in [-0.1, -0.05) is 6.07 Å². The third-order valence-electron chi connectivity index (χ3n) is 4.68. The largest absolute Gasteiger partial charge is 0.364 e. The maximum absolute atomic E-state index is 13.4. The number of primary amides is 1. The summed E-state index contributed by atoms with van der Waals surface area (Å²) in [5.41, 5.74) is 6.63. The molecule has 0 bridgehead atoms. The molecule has 1 aliphatic rings. The SMILES string of the molecule is NC(=O)c1cc(CC2CCCN(C(=O)c3cccc(F)c3)CC2)ncn1. The van der Waals surface area contributed by atoms with Gasteiger partial charge in [0.2, 0.25) is 0 Å². The first-order valence-corrected chi connectivity index (χ1v) is 8.68. The number of amides is 2. The summed E-state index contributed by atoms with van der Waals surface area (Å²) in [7, 11) is 0. The second kappa shape index (κ2) is 8.03. The van der Waals surface area contributed by atoms with E-state index in [0.717, 1.165) is 25.0 Å². The molecule has 2 heterocycles. The van der Waals surface area contributed by atoms with Crippen LogP contribution in [0.2, 0.25) is 0 Å². The van der Waals surface area contributed by atoms with E-state index in [1.807, 2.05) is 0 Å². The summed E-state index contributed by atoms with van der Waals surface area (Å²) in [5.74, 6) is -0.752. The molecule has 2 aromatic rings. The van der Waals surface area contributed by atoms with E-state index in [2.05, 4.69) is 9.97 Å². The number of nitrogens with two attached hydrogens (primary N) is 1. The zero-order chi connectivity index (χ0) is 18.5. The van der Waals surface area contributed by atoms with Crippen molar-refractivity contribution in [2.24, 2.45) is 11.7 Å². The third kappa shape index (κ3) is 4.41. The van der Waals surface area contributed by atoms with E-state index in [1.54, 1.807) is 23.1 Å². The Morgan fingerprint density at radius 2 is 2.04 bits per heavy atom. The van der Waals surface area contributed by atoms with Crippen LogP contribution in [0.15, 0.2) is 36.7 Å². The van der Waals surface area contributed by atoms with E-state index in [4.69, 9.17) is 5.73 Å². The number of halogens is 1. The zero-order valence-electron chi connectivity index (χ0n) is 14.4. The highest BCUT2D eigenvalue weighted by molar-refractivity contribution is 5.94. The van der Waals surface area contributed by atoms with Crippen LogP contribution in [0.3, 0.4) is 0 Å². The zero-order valence-corrected chi connectivity index (χ0v) is 14.4. The normalized spacial score (nSPS) is 17.6. The molecule has 1 fully saturated rings. The van der Waals surface area contributed by atoms with Crippen LogP contribution in [0.25, 0.3) is 0 Å². The van der Waals surface area contributed by atoms with Gasteiger partial charge in [0.25, 0.3) is 11.8 Å². The van der Waals surface area contributed by atoms with Crippen molar-refractivity contribution < 1.29 is 14.0 Å². The summed E-state index contributed by atoms with van der Waals surface area (Å²) in [4.78, 5) is 33.7. The number of hydrogen-bond donors (Lipinski definition) is 1. The predicted molar refractivity (Wildman–Crippen MR) is 93.9 cm³/mol. The Bertz CT molecular complexity index is 812. The van der Waals surface area contributed by atoms with E-state index in [0.29, 0.717) is 31.0 Å². The maximum Gasteiger partial charge on any atom is 0.267 e. The highest BCUT2D eigenvalue weighted by Gasteiger charge is 2.22. The minimum atomic E-state index is -0.568. The molecule has 7 heteroatoms. The van der Waals surface area contributed by atoms with Gasteiger partial charge in [0.05, 0.1) is 0 Å². The van der Waals surface area contributed by atoms with E-state index >= 15 is 0 Å². The fraction of sp³-hybridized carbons (Fsp3) is 0.368. The lowest BCUT2D eigenvalue weighted by atomic mass is 9.95. The third-order valence-corrected chi connectivity index (χ3v) is 4.68. The Balaban J connectivity index is 1.62. The van der Waals surface area contributed by atoms with Gasteiger partial charge in [-0.3, -0.25) is 9.59 Å². The Morgan fingerprint density at radius 3 is 2.81 bits per heavy atom. The van der Waals surface area contributed by atoms with Gasteiger partial charge in [-0.05, 0) is 55.9 Å². The lowest BCUT2D eigenvalue weighted by Crippen LogP contribution is -2.32. The van der Waals surface area contributed by atoms with E-state index in [-0.39, 0.29) is 11.6 Å². The first-order valence-electron chi connectivity index (χ1n) is 8.68. The van der Waals surface area contributed by atoms with Crippen molar-refractivity contribution in [1.29, 1.82) is 0 Å². The molecule has 26 heavy (non-hydrogen) atoms. The van der Waals surface area contributed by atoms with E-state index in [9.17, 15) is 14.0 Å². The molecule has 1 saturated heterocycles. The van der Waals surface area contributed by atoms with Crippen LogP contribution < -0.4 is 5.73 Å². The Labute approximate surface area is 151 Å². The average Bonchev–Trinajstić information content (AvgIpc) is 2.87. The summed E-state index contributed by atoms with van der Waals surface area (Å²) < 4.78 is 13.4. The van der Waals surface area contributed by atoms with Crippen molar-refractivity contribution in [2.75, 3.05) is 13.1 Å². The molecular weight excluding hydrogens is 335 g/mol. The molecule has 136 valence electrons. The lowest BCUT2D eigenvalue weighted by molar-refractivity contribution is 0.0759. The quantitative estimate of drug-likeness (QED) is 0.909.